The lowest BCUT2D eigenvalue weighted by Crippen LogP contribution is -2.26. The molecule has 1 heterocycles. The molecule has 1 aliphatic rings. The molecular weight excluding hydrogens is 234 g/mol. The van der Waals surface area contributed by atoms with Gasteiger partial charge in [0.15, 0.2) is 0 Å². The average Bonchev–Trinajstić information content (AvgIpc) is 2.71. The topological polar surface area (TPSA) is 76.4 Å². The van der Waals surface area contributed by atoms with Gasteiger partial charge >= 0.3 is 11.9 Å². The van der Waals surface area contributed by atoms with Gasteiger partial charge in [-0.15, -0.1) is 0 Å². The van der Waals surface area contributed by atoms with E-state index in [2.05, 4.69) is 12.6 Å². The van der Waals surface area contributed by atoms with E-state index < -0.39 is 18.0 Å². The average molecular weight is 251 g/mol. The summed E-state index contributed by atoms with van der Waals surface area (Å²) in [6, 6.07) is 2.08. The van der Waals surface area contributed by atoms with Crippen LogP contribution in [0.1, 0.15) is 26.7 Å². The summed E-state index contributed by atoms with van der Waals surface area (Å²) in [7, 11) is 0. The molecular formula is C13H17NO4. The summed E-state index contributed by atoms with van der Waals surface area (Å²) < 4.78 is 9.94. The first-order valence-electron chi connectivity index (χ1n) is 5.88. The molecule has 0 amide bonds. The molecule has 0 aromatic heterocycles. The van der Waals surface area contributed by atoms with E-state index in [-0.39, 0.29) is 11.9 Å². The van der Waals surface area contributed by atoms with Crippen molar-refractivity contribution in [2.24, 2.45) is 11.8 Å². The fraction of sp³-hybridized carbons (Fsp3) is 0.615. The van der Waals surface area contributed by atoms with Gasteiger partial charge in [-0.3, -0.25) is 4.79 Å². The van der Waals surface area contributed by atoms with Crippen LogP contribution in [0, 0.1) is 23.2 Å². The Bertz CT molecular complexity index is 396. The maximum atomic E-state index is 11.4. The molecule has 0 saturated carbocycles. The Labute approximate surface area is 106 Å². The highest BCUT2D eigenvalue weighted by molar-refractivity contribution is 5.87. The lowest BCUT2D eigenvalue weighted by molar-refractivity contribution is -0.145. The highest BCUT2D eigenvalue weighted by atomic mass is 16.5. The van der Waals surface area contributed by atoms with Gasteiger partial charge in [0.1, 0.15) is 6.10 Å². The van der Waals surface area contributed by atoms with Crippen molar-refractivity contribution in [2.75, 3.05) is 6.61 Å². The number of hydrogen-bond donors (Lipinski definition) is 0. The molecule has 18 heavy (non-hydrogen) atoms. The molecule has 0 bridgehead atoms. The first-order valence-corrected chi connectivity index (χ1v) is 5.88. The van der Waals surface area contributed by atoms with Gasteiger partial charge in [-0.25, -0.2) is 4.79 Å². The molecule has 5 heteroatoms. The predicted molar refractivity (Wildman–Crippen MR) is 63.2 cm³/mol. The van der Waals surface area contributed by atoms with Crippen molar-refractivity contribution in [3.8, 4) is 6.07 Å². The van der Waals surface area contributed by atoms with Crippen LogP contribution in [-0.2, 0) is 19.1 Å². The number of rotatable bonds is 5. The number of ether oxygens (including phenoxy) is 2. The Morgan fingerprint density at radius 3 is 2.83 bits per heavy atom. The SMILES string of the molecule is C=C(C)C(=O)OC(C)C(C#N)CC1CCOC1=O. The van der Waals surface area contributed by atoms with E-state index in [9.17, 15) is 9.59 Å². The van der Waals surface area contributed by atoms with Gasteiger partial charge in [-0.2, -0.15) is 5.26 Å². The Morgan fingerprint density at radius 2 is 2.39 bits per heavy atom. The van der Waals surface area contributed by atoms with Crippen LogP contribution in [0.15, 0.2) is 12.2 Å². The van der Waals surface area contributed by atoms with Crippen LogP contribution in [0.4, 0.5) is 0 Å². The van der Waals surface area contributed by atoms with Crippen LogP contribution in [0.3, 0.4) is 0 Å². The van der Waals surface area contributed by atoms with E-state index in [1.54, 1.807) is 13.8 Å². The summed E-state index contributed by atoms with van der Waals surface area (Å²) in [5.74, 6) is -1.56. The second-order valence-electron chi connectivity index (χ2n) is 4.52. The third-order valence-electron chi connectivity index (χ3n) is 2.96. The Hall–Kier alpha value is -1.83. The maximum Gasteiger partial charge on any atom is 0.333 e. The van der Waals surface area contributed by atoms with Gasteiger partial charge in [-0.05, 0) is 26.7 Å². The van der Waals surface area contributed by atoms with Crippen molar-refractivity contribution >= 4 is 11.9 Å². The van der Waals surface area contributed by atoms with Crippen molar-refractivity contribution in [3.05, 3.63) is 12.2 Å². The van der Waals surface area contributed by atoms with Crippen LogP contribution in [0.2, 0.25) is 0 Å². The molecule has 1 saturated heterocycles. The molecule has 3 unspecified atom stereocenters. The van der Waals surface area contributed by atoms with Gasteiger partial charge in [0.2, 0.25) is 0 Å². The summed E-state index contributed by atoms with van der Waals surface area (Å²) >= 11 is 0. The number of esters is 2. The highest BCUT2D eigenvalue weighted by Gasteiger charge is 2.32. The molecule has 0 aromatic carbocycles. The van der Waals surface area contributed by atoms with Crippen molar-refractivity contribution < 1.29 is 19.1 Å². The molecule has 0 spiro atoms. The molecule has 0 aromatic rings. The van der Waals surface area contributed by atoms with Crippen LogP contribution < -0.4 is 0 Å². The van der Waals surface area contributed by atoms with E-state index in [1.165, 1.54) is 0 Å². The predicted octanol–water partition coefficient (Wildman–Crippen LogP) is 1.59. The molecule has 1 aliphatic heterocycles. The normalized spacial score (nSPS) is 21.6. The van der Waals surface area contributed by atoms with E-state index in [0.29, 0.717) is 25.0 Å². The second-order valence-corrected chi connectivity index (χ2v) is 4.52. The molecule has 1 fully saturated rings. The smallest absolute Gasteiger partial charge is 0.333 e. The van der Waals surface area contributed by atoms with Crippen molar-refractivity contribution in [2.45, 2.75) is 32.8 Å². The lowest BCUT2D eigenvalue weighted by Gasteiger charge is -2.19. The highest BCUT2D eigenvalue weighted by Crippen LogP contribution is 2.25. The van der Waals surface area contributed by atoms with Gasteiger partial charge in [0.25, 0.3) is 0 Å². The molecule has 0 radical (unpaired) electrons. The van der Waals surface area contributed by atoms with E-state index in [1.807, 2.05) is 0 Å². The van der Waals surface area contributed by atoms with Gasteiger partial charge in [0.05, 0.1) is 24.5 Å². The Morgan fingerprint density at radius 1 is 1.72 bits per heavy atom. The number of nitrogens with zero attached hydrogens (tertiary/aromatic N) is 1. The summed E-state index contributed by atoms with van der Waals surface area (Å²) in [5.41, 5.74) is 0.291. The zero-order valence-corrected chi connectivity index (χ0v) is 10.6. The van der Waals surface area contributed by atoms with E-state index >= 15 is 0 Å². The fourth-order valence-corrected chi connectivity index (χ4v) is 1.76. The maximum absolute atomic E-state index is 11.4. The minimum absolute atomic E-state index is 0.263. The number of carbonyl (C=O) groups is 2. The van der Waals surface area contributed by atoms with E-state index in [0.717, 1.165) is 0 Å². The quantitative estimate of drug-likeness (QED) is 0.547. The fourth-order valence-electron chi connectivity index (χ4n) is 1.76. The van der Waals surface area contributed by atoms with Gasteiger partial charge in [-0.1, -0.05) is 6.58 Å². The number of hydrogen-bond acceptors (Lipinski definition) is 5. The zero-order valence-electron chi connectivity index (χ0n) is 10.6. The summed E-state index contributed by atoms with van der Waals surface area (Å²) in [5, 5.41) is 9.08. The first kappa shape index (κ1) is 14.2. The molecule has 1 rings (SSSR count). The van der Waals surface area contributed by atoms with Crippen LogP contribution in [-0.4, -0.2) is 24.6 Å². The van der Waals surface area contributed by atoms with Crippen LogP contribution in [0.25, 0.3) is 0 Å². The van der Waals surface area contributed by atoms with Crippen molar-refractivity contribution in [1.82, 2.24) is 0 Å². The number of carbonyl (C=O) groups excluding carboxylic acids is 2. The van der Waals surface area contributed by atoms with Crippen LogP contribution >= 0.6 is 0 Å². The first-order chi connectivity index (χ1) is 8.45. The second kappa shape index (κ2) is 6.20. The third-order valence-corrected chi connectivity index (χ3v) is 2.96. The van der Waals surface area contributed by atoms with Crippen molar-refractivity contribution in [3.63, 3.8) is 0 Å². The standard InChI is InChI=1S/C13H17NO4/c1-8(2)12(15)18-9(3)11(7-14)6-10-4-5-17-13(10)16/h9-11H,1,4-6H2,2-3H3. The largest absolute Gasteiger partial charge is 0.465 e. The number of nitriles is 1. The Balaban J connectivity index is 2.55. The summed E-state index contributed by atoms with van der Waals surface area (Å²) in [6.07, 6.45) is 0.422. The van der Waals surface area contributed by atoms with Gasteiger partial charge in [0, 0.05) is 5.57 Å². The van der Waals surface area contributed by atoms with Crippen molar-refractivity contribution in [1.29, 1.82) is 5.26 Å². The molecule has 5 nitrogen and oxygen atoms in total. The minimum Gasteiger partial charge on any atom is -0.465 e. The third kappa shape index (κ3) is 3.59. The monoisotopic (exact) mass is 251 g/mol. The summed E-state index contributed by atoms with van der Waals surface area (Å²) in [4.78, 5) is 22.7. The molecule has 98 valence electrons. The Kier molecular flexibility index (Phi) is 4.90. The van der Waals surface area contributed by atoms with E-state index in [4.69, 9.17) is 14.7 Å². The zero-order chi connectivity index (χ0) is 13.7. The van der Waals surface area contributed by atoms with Gasteiger partial charge < -0.3 is 9.47 Å². The molecule has 3 atom stereocenters. The minimum atomic E-state index is -0.562. The number of cyclic esters (lactones) is 1. The van der Waals surface area contributed by atoms with Crippen LogP contribution in [0.5, 0.6) is 0 Å². The summed E-state index contributed by atoms with van der Waals surface area (Å²) in [6.45, 7) is 7.08. The molecule has 0 N–H and O–H groups in total. The lowest BCUT2D eigenvalue weighted by atomic mass is 9.91. The molecule has 0 aliphatic carbocycles.